The van der Waals surface area contributed by atoms with E-state index in [9.17, 15) is 9.59 Å². The van der Waals surface area contributed by atoms with Crippen molar-refractivity contribution >= 4 is 11.6 Å². The number of hydrogen-bond acceptors (Lipinski definition) is 6. The molecule has 0 spiro atoms. The number of ether oxygens (including phenoxy) is 2. The molecule has 0 fully saturated rings. The molecule has 0 aliphatic heterocycles. The number of ketones is 2. The Labute approximate surface area is 204 Å². The first-order valence-corrected chi connectivity index (χ1v) is 12.5. The zero-order chi connectivity index (χ0) is 24.8. The molecule has 186 valence electrons. The van der Waals surface area contributed by atoms with Crippen molar-refractivity contribution in [2.75, 3.05) is 39.4 Å². The number of rotatable bonds is 17. The van der Waals surface area contributed by atoms with Crippen molar-refractivity contribution in [2.45, 2.75) is 40.5 Å². The van der Waals surface area contributed by atoms with Crippen molar-refractivity contribution < 1.29 is 19.1 Å². The molecular weight excluding hydrogens is 428 g/mol. The molecule has 0 bridgehead atoms. The Morgan fingerprint density at radius 3 is 1.29 bits per heavy atom. The minimum Gasteiger partial charge on any atom is -0.494 e. The first-order chi connectivity index (χ1) is 16.5. The van der Waals surface area contributed by atoms with E-state index >= 15 is 0 Å². The topological polar surface area (TPSA) is 76.7 Å². The van der Waals surface area contributed by atoms with Gasteiger partial charge in [-0.1, -0.05) is 13.8 Å². The van der Waals surface area contributed by atoms with Crippen LogP contribution in [-0.2, 0) is 0 Å². The Morgan fingerprint density at radius 1 is 0.647 bits per heavy atom. The van der Waals surface area contributed by atoms with Gasteiger partial charge in [-0.05, 0) is 88.3 Å². The summed E-state index contributed by atoms with van der Waals surface area (Å²) >= 11 is 0. The maximum atomic E-state index is 13.3. The van der Waals surface area contributed by atoms with Crippen molar-refractivity contribution in [3.63, 3.8) is 0 Å². The Morgan fingerprint density at radius 2 is 1.00 bits per heavy atom. The molecule has 2 rings (SSSR count). The number of hydrogen-bond donors (Lipinski definition) is 2. The smallest absolute Gasteiger partial charge is 0.167 e. The van der Waals surface area contributed by atoms with E-state index in [-0.39, 0.29) is 23.4 Å². The molecule has 2 N–H and O–H groups in total. The molecule has 0 heterocycles. The summed E-state index contributed by atoms with van der Waals surface area (Å²) in [5, 5.41) is 6.63. The van der Waals surface area contributed by atoms with E-state index in [1.165, 1.54) is 0 Å². The van der Waals surface area contributed by atoms with Crippen LogP contribution in [0.1, 0.15) is 61.3 Å². The van der Waals surface area contributed by atoms with E-state index in [2.05, 4.69) is 10.6 Å². The van der Waals surface area contributed by atoms with Gasteiger partial charge in [-0.3, -0.25) is 9.59 Å². The van der Waals surface area contributed by atoms with E-state index in [0.29, 0.717) is 50.3 Å². The van der Waals surface area contributed by atoms with E-state index < -0.39 is 0 Å². The van der Waals surface area contributed by atoms with Gasteiger partial charge in [-0.2, -0.15) is 0 Å². The summed E-state index contributed by atoms with van der Waals surface area (Å²) in [6.07, 6.45) is 1.27. The number of carbonyl (C=O) groups excluding carboxylic acids is 2. The molecule has 2 atom stereocenters. The Kier molecular flexibility index (Phi) is 12.4. The second-order valence-corrected chi connectivity index (χ2v) is 8.23. The Balaban J connectivity index is 2.12. The molecule has 0 aliphatic rings. The normalized spacial score (nSPS) is 12.7. The SMILES string of the molecule is CCNC[C@@H](CC[C@@H](CNCC)C(=O)c1ccc(OCC)cc1)C(=O)c1ccc(OCC)cc1. The molecule has 0 unspecified atom stereocenters. The third kappa shape index (κ3) is 8.58. The molecular formula is C28H40N2O4. The second-order valence-electron chi connectivity index (χ2n) is 8.23. The van der Waals surface area contributed by atoms with Crippen LogP contribution in [0.5, 0.6) is 11.5 Å². The fraction of sp³-hybridized carbons (Fsp3) is 0.500. The van der Waals surface area contributed by atoms with Gasteiger partial charge in [0, 0.05) is 36.1 Å². The van der Waals surface area contributed by atoms with Crippen LogP contribution < -0.4 is 20.1 Å². The predicted molar refractivity (Wildman–Crippen MR) is 137 cm³/mol. The monoisotopic (exact) mass is 468 g/mol. The fourth-order valence-electron chi connectivity index (χ4n) is 3.93. The molecule has 6 heteroatoms. The van der Waals surface area contributed by atoms with Gasteiger partial charge in [-0.15, -0.1) is 0 Å². The summed E-state index contributed by atoms with van der Waals surface area (Å²) in [6, 6.07) is 14.7. The lowest BCUT2D eigenvalue weighted by Gasteiger charge is -2.21. The summed E-state index contributed by atoms with van der Waals surface area (Å²) in [6.45, 7) is 11.9. The largest absolute Gasteiger partial charge is 0.494 e. The van der Waals surface area contributed by atoms with Crippen LogP contribution in [0.2, 0.25) is 0 Å². The van der Waals surface area contributed by atoms with Gasteiger partial charge in [0.05, 0.1) is 13.2 Å². The highest BCUT2D eigenvalue weighted by molar-refractivity contribution is 5.99. The lowest BCUT2D eigenvalue weighted by atomic mass is 9.86. The van der Waals surface area contributed by atoms with Gasteiger partial charge < -0.3 is 20.1 Å². The molecule has 0 aromatic heterocycles. The molecule has 0 aliphatic carbocycles. The maximum Gasteiger partial charge on any atom is 0.167 e. The van der Waals surface area contributed by atoms with E-state index in [0.717, 1.165) is 24.6 Å². The van der Waals surface area contributed by atoms with Gasteiger partial charge in [-0.25, -0.2) is 0 Å². The summed E-state index contributed by atoms with van der Waals surface area (Å²) in [5.41, 5.74) is 1.35. The highest BCUT2D eigenvalue weighted by Crippen LogP contribution is 2.23. The van der Waals surface area contributed by atoms with Crippen molar-refractivity contribution in [1.82, 2.24) is 10.6 Å². The third-order valence-electron chi connectivity index (χ3n) is 5.79. The van der Waals surface area contributed by atoms with Gasteiger partial charge in [0.25, 0.3) is 0 Å². The minimum atomic E-state index is -0.199. The minimum absolute atomic E-state index is 0.0970. The van der Waals surface area contributed by atoms with Crippen molar-refractivity contribution in [3.05, 3.63) is 59.7 Å². The van der Waals surface area contributed by atoms with Crippen LogP contribution in [0.4, 0.5) is 0 Å². The van der Waals surface area contributed by atoms with Gasteiger partial charge in [0.15, 0.2) is 11.6 Å². The van der Waals surface area contributed by atoms with E-state index in [1.54, 1.807) is 0 Å². The summed E-state index contributed by atoms with van der Waals surface area (Å²) in [7, 11) is 0. The van der Waals surface area contributed by atoms with Gasteiger partial charge >= 0.3 is 0 Å². The average Bonchev–Trinajstić information content (AvgIpc) is 2.86. The molecule has 0 amide bonds. The number of carbonyl (C=O) groups is 2. The first kappa shape index (κ1) is 27.5. The zero-order valence-corrected chi connectivity index (χ0v) is 21.1. The van der Waals surface area contributed by atoms with Crippen LogP contribution in [0.3, 0.4) is 0 Å². The summed E-state index contributed by atoms with van der Waals surface area (Å²) in [5.74, 6) is 1.31. The average molecular weight is 469 g/mol. The lowest BCUT2D eigenvalue weighted by Crippen LogP contribution is -2.32. The highest BCUT2D eigenvalue weighted by atomic mass is 16.5. The fourth-order valence-corrected chi connectivity index (χ4v) is 3.93. The van der Waals surface area contributed by atoms with Crippen LogP contribution in [0.25, 0.3) is 0 Å². The third-order valence-corrected chi connectivity index (χ3v) is 5.79. The highest BCUT2D eigenvalue weighted by Gasteiger charge is 2.25. The molecule has 34 heavy (non-hydrogen) atoms. The second kappa shape index (κ2) is 15.3. The molecule has 0 saturated carbocycles. The van der Waals surface area contributed by atoms with Crippen molar-refractivity contribution in [1.29, 1.82) is 0 Å². The predicted octanol–water partition coefficient (Wildman–Crippen LogP) is 4.78. The van der Waals surface area contributed by atoms with Crippen LogP contribution in [0, 0.1) is 11.8 Å². The van der Waals surface area contributed by atoms with E-state index in [1.807, 2.05) is 76.2 Å². The van der Waals surface area contributed by atoms with Crippen LogP contribution >= 0.6 is 0 Å². The Hall–Kier alpha value is -2.70. The lowest BCUT2D eigenvalue weighted by molar-refractivity contribution is 0.0865. The number of Topliss-reactive ketones (excluding diaryl/α,β-unsaturated/α-hetero) is 2. The standard InChI is InChI=1S/C28H40N2O4/c1-5-29-19-23(27(31)21-11-15-25(16-12-21)33-7-3)9-10-24(20-30-6-2)28(32)22-13-17-26(18-14-22)34-8-4/h11-18,23-24,29-30H,5-10,19-20H2,1-4H3/t23-,24+. The zero-order valence-electron chi connectivity index (χ0n) is 21.1. The van der Waals surface area contributed by atoms with Crippen molar-refractivity contribution in [3.8, 4) is 11.5 Å². The molecule has 2 aromatic rings. The van der Waals surface area contributed by atoms with Gasteiger partial charge in [0.2, 0.25) is 0 Å². The molecule has 0 saturated heterocycles. The summed E-state index contributed by atoms with van der Waals surface area (Å²) < 4.78 is 11.0. The van der Waals surface area contributed by atoms with Crippen LogP contribution in [-0.4, -0.2) is 51.0 Å². The Bertz CT molecular complexity index is 791. The first-order valence-electron chi connectivity index (χ1n) is 12.5. The number of benzene rings is 2. The molecule has 2 aromatic carbocycles. The van der Waals surface area contributed by atoms with Gasteiger partial charge in [0.1, 0.15) is 11.5 Å². The van der Waals surface area contributed by atoms with Crippen molar-refractivity contribution in [2.24, 2.45) is 11.8 Å². The molecule has 6 nitrogen and oxygen atoms in total. The maximum absolute atomic E-state index is 13.3. The molecule has 0 radical (unpaired) electrons. The van der Waals surface area contributed by atoms with E-state index in [4.69, 9.17) is 9.47 Å². The quantitative estimate of drug-likeness (QED) is 0.325. The summed E-state index contributed by atoms with van der Waals surface area (Å²) in [4.78, 5) is 26.6. The van der Waals surface area contributed by atoms with Crippen LogP contribution in [0.15, 0.2) is 48.5 Å². The number of nitrogens with one attached hydrogen (secondary N) is 2.